The largest absolute Gasteiger partial charge is 0.464 e. The molecule has 0 bridgehead atoms. The number of nitrogens with zero attached hydrogens (tertiary/aromatic N) is 1. The number of esters is 2. The van der Waals surface area contributed by atoms with Crippen LogP contribution in [0.15, 0.2) is 0 Å². The van der Waals surface area contributed by atoms with Gasteiger partial charge in [0.1, 0.15) is 12.4 Å². The summed E-state index contributed by atoms with van der Waals surface area (Å²) in [6.07, 6.45) is -0.0476. The Morgan fingerprint density at radius 3 is 2.32 bits per heavy atom. The monoisotopic (exact) mass is 419 g/mol. The van der Waals surface area contributed by atoms with Gasteiger partial charge in [-0.1, -0.05) is 13.8 Å². The average Bonchev–Trinajstić information content (AvgIpc) is 2.66. The lowest BCUT2D eigenvalue weighted by Gasteiger charge is -2.26. The third kappa shape index (κ3) is 10.6. The van der Waals surface area contributed by atoms with E-state index in [1.807, 2.05) is 0 Å². The van der Waals surface area contributed by atoms with E-state index in [0.717, 1.165) is 13.1 Å². The number of hydrogen-bond acceptors (Lipinski definition) is 10. The molecule has 0 amide bonds. The van der Waals surface area contributed by atoms with Crippen LogP contribution in [0.2, 0.25) is 0 Å². The minimum absolute atomic E-state index is 0.0137. The Bertz CT molecular complexity index is 534. The highest BCUT2D eigenvalue weighted by atomic mass is 32.2. The van der Waals surface area contributed by atoms with Crippen LogP contribution in [-0.2, 0) is 33.3 Å². The summed E-state index contributed by atoms with van der Waals surface area (Å²) in [5.41, 5.74) is 0. The first-order valence-electron chi connectivity index (χ1n) is 9.28. The molecule has 0 spiro atoms. The number of hydrogen-bond donors (Lipinski definition) is 0. The molecule has 0 saturated carbocycles. The fourth-order valence-electron chi connectivity index (χ4n) is 2.16. The number of Topliss-reactive ketones (excluding diaryl/α,β-unsaturated/α-hetero) is 1. The standard InChI is InChI=1S/C18H29NO8S/c1-13(2)17(22)26-12-27-18(23)28-14(3)15(20)4-5-16(21)25-11-8-19-6-9-24-10-7-19/h13-14H,4-12H2,1-3H3. The summed E-state index contributed by atoms with van der Waals surface area (Å²) in [5.74, 6) is -1.50. The second-order valence-corrected chi connectivity index (χ2v) is 7.81. The van der Waals surface area contributed by atoms with Crippen LogP contribution in [0.3, 0.4) is 0 Å². The summed E-state index contributed by atoms with van der Waals surface area (Å²) >= 11 is 0.683. The predicted octanol–water partition coefficient (Wildman–Crippen LogP) is 1.63. The van der Waals surface area contributed by atoms with Crippen LogP contribution < -0.4 is 0 Å². The second-order valence-electron chi connectivity index (χ2n) is 6.53. The zero-order valence-corrected chi connectivity index (χ0v) is 17.5. The van der Waals surface area contributed by atoms with Crippen molar-refractivity contribution >= 4 is 34.8 Å². The lowest BCUT2D eigenvalue weighted by atomic mass is 10.2. The first-order valence-corrected chi connectivity index (χ1v) is 10.2. The lowest BCUT2D eigenvalue weighted by Crippen LogP contribution is -2.38. The first-order chi connectivity index (χ1) is 13.3. The van der Waals surface area contributed by atoms with E-state index < -0.39 is 29.3 Å². The first kappa shape index (κ1) is 24.4. The van der Waals surface area contributed by atoms with E-state index in [1.165, 1.54) is 0 Å². The van der Waals surface area contributed by atoms with Gasteiger partial charge in [0.25, 0.3) is 0 Å². The summed E-state index contributed by atoms with van der Waals surface area (Å²) in [5, 5.41) is -1.39. The Kier molecular flexibility index (Phi) is 11.8. The van der Waals surface area contributed by atoms with Crippen molar-refractivity contribution in [1.82, 2.24) is 4.90 Å². The Labute approximate surface area is 169 Å². The maximum absolute atomic E-state index is 12.0. The molecule has 1 aliphatic heterocycles. The number of carbonyl (C=O) groups is 4. The van der Waals surface area contributed by atoms with E-state index in [-0.39, 0.29) is 31.1 Å². The molecular formula is C18H29NO8S. The SMILES string of the molecule is CC(C)C(=O)OCOC(=O)SC(C)C(=O)CCC(=O)OCCN1CCOCC1. The number of morpholine rings is 1. The van der Waals surface area contributed by atoms with Gasteiger partial charge < -0.3 is 18.9 Å². The molecule has 0 aromatic carbocycles. The van der Waals surface area contributed by atoms with Crippen molar-refractivity contribution in [3.05, 3.63) is 0 Å². The molecule has 1 atom stereocenters. The van der Waals surface area contributed by atoms with Gasteiger partial charge in [0.15, 0.2) is 0 Å². The van der Waals surface area contributed by atoms with Crippen LogP contribution >= 0.6 is 11.8 Å². The van der Waals surface area contributed by atoms with Gasteiger partial charge >= 0.3 is 17.2 Å². The van der Waals surface area contributed by atoms with Crippen LogP contribution in [0.5, 0.6) is 0 Å². The van der Waals surface area contributed by atoms with Gasteiger partial charge in [-0.05, 0) is 18.7 Å². The van der Waals surface area contributed by atoms with Crippen molar-refractivity contribution in [2.45, 2.75) is 38.9 Å². The third-order valence-corrected chi connectivity index (χ3v) is 4.85. The van der Waals surface area contributed by atoms with Crippen molar-refractivity contribution in [2.75, 3.05) is 46.2 Å². The molecule has 9 nitrogen and oxygen atoms in total. The van der Waals surface area contributed by atoms with Crippen LogP contribution in [0, 0.1) is 5.92 Å². The summed E-state index contributed by atoms with van der Waals surface area (Å²) in [7, 11) is 0. The zero-order valence-electron chi connectivity index (χ0n) is 16.6. The minimum Gasteiger partial charge on any atom is -0.464 e. The lowest BCUT2D eigenvalue weighted by molar-refractivity contribution is -0.155. The van der Waals surface area contributed by atoms with Gasteiger partial charge in [0.2, 0.25) is 6.79 Å². The highest BCUT2D eigenvalue weighted by Gasteiger charge is 2.20. The maximum atomic E-state index is 12.0. The van der Waals surface area contributed by atoms with Gasteiger partial charge in [0.05, 0.1) is 30.8 Å². The number of carbonyl (C=O) groups excluding carboxylic acids is 4. The van der Waals surface area contributed by atoms with E-state index in [9.17, 15) is 19.2 Å². The molecule has 1 saturated heterocycles. The van der Waals surface area contributed by atoms with E-state index >= 15 is 0 Å². The van der Waals surface area contributed by atoms with Gasteiger partial charge in [-0.25, -0.2) is 4.79 Å². The Morgan fingerprint density at radius 2 is 1.68 bits per heavy atom. The third-order valence-electron chi connectivity index (χ3n) is 3.93. The van der Waals surface area contributed by atoms with Crippen LogP contribution in [0.1, 0.15) is 33.6 Å². The molecule has 1 rings (SSSR count). The van der Waals surface area contributed by atoms with Crippen molar-refractivity contribution < 1.29 is 38.1 Å². The quantitative estimate of drug-likeness (QED) is 0.362. The van der Waals surface area contributed by atoms with E-state index in [2.05, 4.69) is 4.90 Å². The van der Waals surface area contributed by atoms with Gasteiger partial charge in [-0.2, -0.15) is 0 Å². The predicted molar refractivity (Wildman–Crippen MR) is 102 cm³/mol. The molecule has 160 valence electrons. The molecule has 1 heterocycles. The number of ketones is 1. The fraction of sp³-hybridized carbons (Fsp3) is 0.778. The summed E-state index contributed by atoms with van der Waals surface area (Å²) in [4.78, 5) is 48.8. The van der Waals surface area contributed by atoms with Gasteiger partial charge in [-0.15, -0.1) is 0 Å². The van der Waals surface area contributed by atoms with E-state index in [4.69, 9.17) is 18.9 Å². The molecular weight excluding hydrogens is 390 g/mol. The van der Waals surface area contributed by atoms with Crippen molar-refractivity contribution in [2.24, 2.45) is 5.92 Å². The van der Waals surface area contributed by atoms with Crippen molar-refractivity contribution in [3.63, 3.8) is 0 Å². The molecule has 0 aliphatic carbocycles. The van der Waals surface area contributed by atoms with Crippen LogP contribution in [0.25, 0.3) is 0 Å². The molecule has 1 fully saturated rings. The molecule has 0 aromatic heterocycles. The smallest absolute Gasteiger partial charge is 0.370 e. The summed E-state index contributed by atoms with van der Waals surface area (Å²) in [6, 6.07) is 0. The Hall–Kier alpha value is -1.65. The van der Waals surface area contributed by atoms with Crippen LogP contribution in [0.4, 0.5) is 4.79 Å². The molecule has 1 aliphatic rings. The second kappa shape index (κ2) is 13.5. The Balaban J connectivity index is 2.13. The number of ether oxygens (including phenoxy) is 4. The number of thioether (sulfide) groups is 1. The zero-order chi connectivity index (χ0) is 20.9. The fourth-order valence-corrected chi connectivity index (χ4v) is 2.81. The molecule has 28 heavy (non-hydrogen) atoms. The molecule has 0 radical (unpaired) electrons. The van der Waals surface area contributed by atoms with Crippen LogP contribution in [-0.4, -0.2) is 79.4 Å². The molecule has 10 heteroatoms. The summed E-state index contributed by atoms with van der Waals surface area (Å²) < 4.78 is 19.8. The topological polar surface area (TPSA) is 108 Å². The summed E-state index contributed by atoms with van der Waals surface area (Å²) in [6.45, 7) is 8.30. The molecule has 0 aromatic rings. The normalized spacial score (nSPS) is 15.7. The van der Waals surface area contributed by atoms with Gasteiger partial charge in [-0.3, -0.25) is 19.3 Å². The molecule has 1 unspecified atom stereocenters. The highest BCUT2D eigenvalue weighted by Crippen LogP contribution is 2.17. The molecule has 0 N–H and O–H groups in total. The van der Waals surface area contributed by atoms with Gasteiger partial charge in [0, 0.05) is 26.1 Å². The van der Waals surface area contributed by atoms with Crippen molar-refractivity contribution in [3.8, 4) is 0 Å². The van der Waals surface area contributed by atoms with Crippen molar-refractivity contribution in [1.29, 1.82) is 0 Å². The average molecular weight is 419 g/mol. The Morgan fingerprint density at radius 1 is 1.00 bits per heavy atom. The minimum atomic E-state index is -0.717. The highest BCUT2D eigenvalue weighted by molar-refractivity contribution is 8.14. The van der Waals surface area contributed by atoms with E-state index in [1.54, 1.807) is 20.8 Å². The number of rotatable bonds is 11. The maximum Gasteiger partial charge on any atom is 0.370 e. The van der Waals surface area contributed by atoms with E-state index in [0.29, 0.717) is 31.5 Å².